The molecule has 6 nitrogen and oxygen atoms in total. The molecule has 1 heterocycles. The van der Waals surface area contributed by atoms with Gasteiger partial charge >= 0.3 is 5.97 Å². The Kier molecular flexibility index (Phi) is 3.64. The van der Waals surface area contributed by atoms with Crippen molar-refractivity contribution in [2.45, 2.75) is 32.2 Å². The number of methoxy groups -OCH3 is 1. The zero-order valence-electron chi connectivity index (χ0n) is 11.8. The number of ether oxygens (including phenoxy) is 1. The number of nitrogens with two attached hydrogens (primary N) is 2. The van der Waals surface area contributed by atoms with Crippen LogP contribution in [0, 0.1) is 5.92 Å². The molecule has 1 aromatic rings. The van der Waals surface area contributed by atoms with E-state index in [4.69, 9.17) is 16.2 Å². The molecule has 0 radical (unpaired) electrons. The fourth-order valence-corrected chi connectivity index (χ4v) is 3.35. The maximum atomic E-state index is 11.9. The van der Waals surface area contributed by atoms with Gasteiger partial charge in [0.2, 0.25) is 0 Å². The molecule has 1 saturated carbocycles. The number of hydrogen-bond acceptors (Lipinski definition) is 6. The lowest BCUT2D eigenvalue weighted by atomic mass is 9.99. The quantitative estimate of drug-likeness (QED) is 0.718. The number of nitrogen functional groups attached to an aromatic ring is 1. The van der Waals surface area contributed by atoms with Crippen molar-refractivity contribution in [3.8, 4) is 0 Å². The summed E-state index contributed by atoms with van der Waals surface area (Å²) >= 11 is 1.10. The highest BCUT2D eigenvalue weighted by atomic mass is 32.1. The topological polar surface area (TPSA) is 107 Å². The van der Waals surface area contributed by atoms with E-state index in [9.17, 15) is 9.59 Å². The Morgan fingerprint density at radius 3 is 2.45 bits per heavy atom. The van der Waals surface area contributed by atoms with Crippen molar-refractivity contribution in [1.29, 1.82) is 0 Å². The second-order valence-electron chi connectivity index (χ2n) is 5.53. The van der Waals surface area contributed by atoms with Crippen molar-refractivity contribution in [2.24, 2.45) is 11.7 Å². The second-order valence-corrected chi connectivity index (χ2v) is 6.55. The molecule has 0 unspecified atom stereocenters. The monoisotopic (exact) mass is 297 g/mol. The standard InChI is InChI=1S/C13H19N3O3S/c1-13(2,6-4-5-6)16-11-7(12(18)19-3)8(14)9(20-11)10(15)17/h6,16H,4-5,14H2,1-3H3,(H2,15,17). The molecule has 1 amide bonds. The van der Waals surface area contributed by atoms with E-state index in [1.165, 1.54) is 7.11 Å². The number of thiophene rings is 1. The SMILES string of the molecule is COC(=O)c1c(NC(C)(C)C2CC2)sc(C(N)=O)c1N. The van der Waals surface area contributed by atoms with Crippen LogP contribution in [0.4, 0.5) is 10.7 Å². The maximum absolute atomic E-state index is 11.9. The van der Waals surface area contributed by atoms with Crippen LogP contribution in [0.15, 0.2) is 0 Å². The first-order valence-corrected chi connectivity index (χ1v) is 7.18. The van der Waals surface area contributed by atoms with E-state index in [2.05, 4.69) is 19.2 Å². The fraction of sp³-hybridized carbons (Fsp3) is 0.538. The first kappa shape index (κ1) is 14.6. The minimum absolute atomic E-state index is 0.0865. The summed E-state index contributed by atoms with van der Waals surface area (Å²) in [5.41, 5.74) is 11.3. The molecule has 1 aliphatic carbocycles. The van der Waals surface area contributed by atoms with Gasteiger partial charge in [-0.15, -0.1) is 11.3 Å². The van der Waals surface area contributed by atoms with Crippen LogP contribution in [0.2, 0.25) is 0 Å². The molecule has 0 saturated heterocycles. The van der Waals surface area contributed by atoms with Crippen LogP contribution in [-0.4, -0.2) is 24.5 Å². The number of primary amides is 1. The molecule has 0 aromatic carbocycles. The van der Waals surface area contributed by atoms with Crippen molar-refractivity contribution in [2.75, 3.05) is 18.2 Å². The van der Waals surface area contributed by atoms with Gasteiger partial charge in [-0.2, -0.15) is 0 Å². The van der Waals surface area contributed by atoms with E-state index in [0.29, 0.717) is 10.9 Å². The Hall–Kier alpha value is -1.76. The lowest BCUT2D eigenvalue weighted by Gasteiger charge is -2.27. The van der Waals surface area contributed by atoms with Crippen LogP contribution in [0.1, 0.15) is 46.7 Å². The van der Waals surface area contributed by atoms with E-state index in [1.807, 2.05) is 0 Å². The Morgan fingerprint density at radius 2 is 2.00 bits per heavy atom. The molecule has 2 rings (SSSR count). The third kappa shape index (κ3) is 2.58. The summed E-state index contributed by atoms with van der Waals surface area (Å²) in [5.74, 6) is -0.663. The number of carbonyl (C=O) groups excluding carboxylic acids is 2. The first-order valence-electron chi connectivity index (χ1n) is 6.36. The van der Waals surface area contributed by atoms with E-state index >= 15 is 0 Å². The molecule has 0 spiro atoms. The Labute approximate surface area is 121 Å². The molecule has 1 aliphatic rings. The van der Waals surface area contributed by atoms with Crippen molar-refractivity contribution in [3.63, 3.8) is 0 Å². The summed E-state index contributed by atoms with van der Waals surface area (Å²) in [4.78, 5) is 23.4. The minimum Gasteiger partial charge on any atom is -0.465 e. The normalized spacial score (nSPS) is 14.9. The Balaban J connectivity index is 2.42. The number of hydrogen-bond donors (Lipinski definition) is 3. The first-order chi connectivity index (χ1) is 9.27. The molecule has 1 aromatic heterocycles. The highest BCUT2D eigenvalue weighted by Crippen LogP contribution is 2.44. The van der Waals surface area contributed by atoms with Crippen LogP contribution < -0.4 is 16.8 Å². The van der Waals surface area contributed by atoms with Gasteiger partial charge in [-0.25, -0.2) is 4.79 Å². The molecule has 110 valence electrons. The molecule has 1 fully saturated rings. The summed E-state index contributed by atoms with van der Waals surface area (Å²) < 4.78 is 4.74. The van der Waals surface area contributed by atoms with Crippen LogP contribution in [0.3, 0.4) is 0 Å². The predicted molar refractivity (Wildman–Crippen MR) is 79.0 cm³/mol. The molecular weight excluding hydrogens is 278 g/mol. The smallest absolute Gasteiger partial charge is 0.343 e. The molecule has 0 bridgehead atoms. The average Bonchev–Trinajstić information content (AvgIpc) is 3.15. The Morgan fingerprint density at radius 1 is 1.40 bits per heavy atom. The van der Waals surface area contributed by atoms with Crippen molar-refractivity contribution >= 4 is 33.9 Å². The van der Waals surface area contributed by atoms with Gasteiger partial charge in [-0.05, 0) is 32.6 Å². The summed E-state index contributed by atoms with van der Waals surface area (Å²) in [6.45, 7) is 4.12. The molecule has 0 aliphatic heterocycles. The molecule has 7 heteroatoms. The molecule has 20 heavy (non-hydrogen) atoms. The van der Waals surface area contributed by atoms with E-state index in [-0.39, 0.29) is 21.7 Å². The highest BCUT2D eigenvalue weighted by molar-refractivity contribution is 7.19. The van der Waals surface area contributed by atoms with Crippen molar-refractivity contribution in [1.82, 2.24) is 0 Å². The van der Waals surface area contributed by atoms with Crippen molar-refractivity contribution in [3.05, 3.63) is 10.4 Å². The summed E-state index contributed by atoms with van der Waals surface area (Å²) in [6, 6.07) is 0. The third-order valence-corrected chi connectivity index (χ3v) is 4.73. The number of nitrogens with one attached hydrogen (secondary N) is 1. The maximum Gasteiger partial charge on any atom is 0.343 e. The largest absolute Gasteiger partial charge is 0.465 e. The summed E-state index contributed by atoms with van der Waals surface area (Å²) in [7, 11) is 1.28. The third-order valence-electron chi connectivity index (χ3n) is 3.59. The predicted octanol–water partition coefficient (Wildman–Crippen LogP) is 1.82. The van der Waals surface area contributed by atoms with Crippen LogP contribution in [0.5, 0.6) is 0 Å². The fourth-order valence-electron chi connectivity index (χ4n) is 2.22. The summed E-state index contributed by atoms with van der Waals surface area (Å²) in [6.07, 6.45) is 2.30. The zero-order chi connectivity index (χ0) is 15.1. The van der Waals surface area contributed by atoms with E-state index in [0.717, 1.165) is 24.2 Å². The van der Waals surface area contributed by atoms with Crippen LogP contribution in [0.25, 0.3) is 0 Å². The highest BCUT2D eigenvalue weighted by Gasteiger charge is 2.39. The van der Waals surface area contributed by atoms with E-state index in [1.54, 1.807) is 0 Å². The van der Waals surface area contributed by atoms with Gasteiger partial charge < -0.3 is 21.5 Å². The zero-order valence-corrected chi connectivity index (χ0v) is 12.6. The van der Waals surface area contributed by atoms with Gasteiger partial charge in [0.25, 0.3) is 5.91 Å². The molecule has 0 atom stereocenters. The number of amides is 1. The lowest BCUT2D eigenvalue weighted by molar-refractivity contribution is 0.0603. The van der Waals surface area contributed by atoms with Gasteiger partial charge in [-0.3, -0.25) is 4.79 Å². The number of esters is 1. The van der Waals surface area contributed by atoms with Crippen molar-refractivity contribution < 1.29 is 14.3 Å². The lowest BCUT2D eigenvalue weighted by Crippen LogP contribution is -2.33. The van der Waals surface area contributed by atoms with Crippen LogP contribution in [-0.2, 0) is 4.74 Å². The number of rotatable bonds is 5. The van der Waals surface area contributed by atoms with E-state index < -0.39 is 11.9 Å². The average molecular weight is 297 g/mol. The van der Waals surface area contributed by atoms with Gasteiger partial charge in [-0.1, -0.05) is 0 Å². The molecular formula is C13H19N3O3S. The van der Waals surface area contributed by atoms with Gasteiger partial charge in [0.1, 0.15) is 15.4 Å². The van der Waals surface area contributed by atoms with Gasteiger partial charge in [0, 0.05) is 5.54 Å². The molecule has 5 N–H and O–H groups in total. The van der Waals surface area contributed by atoms with Crippen LogP contribution >= 0.6 is 11.3 Å². The number of carbonyl (C=O) groups is 2. The summed E-state index contributed by atoms with van der Waals surface area (Å²) in [5, 5.41) is 3.85. The van der Waals surface area contributed by atoms with Gasteiger partial charge in [0.15, 0.2) is 0 Å². The second kappa shape index (κ2) is 4.97. The Bertz CT molecular complexity index is 561. The van der Waals surface area contributed by atoms with Gasteiger partial charge in [0.05, 0.1) is 12.8 Å². The number of anilines is 2. The minimum atomic E-state index is -0.644.